The van der Waals surface area contributed by atoms with Crippen molar-refractivity contribution in [3.63, 3.8) is 0 Å². The monoisotopic (exact) mass is 1120 g/mol. The average molecular weight is 1130 g/mol. The van der Waals surface area contributed by atoms with Gasteiger partial charge in [0.25, 0.3) is 0 Å². The van der Waals surface area contributed by atoms with E-state index in [2.05, 4.69) is 58.2 Å². The number of carbonyl (C=O) groups is 2. The fourth-order valence-electron chi connectivity index (χ4n) is 23.3. The van der Waals surface area contributed by atoms with Crippen molar-refractivity contribution in [3.8, 4) is 0 Å². The number of hydrogen-bond acceptors (Lipinski definition) is 14. The molecule has 2 aromatic rings. The number of aliphatic hydroxyl groups is 7. The molecule has 18 heteroatoms. The lowest BCUT2D eigenvalue weighted by Crippen LogP contribution is -2.82. The molecule has 18 nitrogen and oxygen atoms in total. The van der Waals surface area contributed by atoms with Crippen LogP contribution in [0, 0.1) is 84.7 Å². The minimum Gasteiger partial charge on any atom is -0.481 e. The number of fused-ring (bicyclic) bond motifs is 2. The fourth-order valence-corrected chi connectivity index (χ4v) is 23.3. The number of rotatable bonds is 14. The third kappa shape index (κ3) is 7.51. The van der Waals surface area contributed by atoms with E-state index < -0.39 is 110 Å². The van der Waals surface area contributed by atoms with E-state index in [-0.39, 0.29) is 67.7 Å². The van der Waals surface area contributed by atoms with Gasteiger partial charge in [-0.05, 0) is 149 Å². The molecule has 9 aliphatic carbocycles. The molecular formula is C63H92N6O12. The summed E-state index contributed by atoms with van der Waals surface area (Å²) < 4.78 is 13.2. The molecule has 2 saturated heterocycles. The molecule has 13 N–H and O–H groups in total. The topological polar surface area (TPSA) is 310 Å². The number of aromatic nitrogens is 4. The molecule has 2 bridgehead atoms. The molecule has 22 unspecified atom stereocenters. The number of aliphatic hydroxyl groups excluding tert-OH is 7. The summed E-state index contributed by atoms with van der Waals surface area (Å²) in [6.45, 7) is 6.07. The van der Waals surface area contributed by atoms with E-state index in [0.717, 1.165) is 75.6 Å². The number of carbonyl (C=O) groups excluding carboxylic acids is 1. The zero-order chi connectivity index (χ0) is 56.9. The van der Waals surface area contributed by atoms with Gasteiger partial charge in [0.1, 0.15) is 24.5 Å². The smallest absolute Gasteiger partial charge is 0.310 e. The van der Waals surface area contributed by atoms with Crippen molar-refractivity contribution in [2.45, 2.75) is 211 Å². The fraction of sp³-hybridized carbons (Fsp3) is 0.810. The Bertz CT molecular complexity index is 2750. The molecule has 1 amide bonds. The van der Waals surface area contributed by atoms with Crippen LogP contribution < -0.4 is 11.1 Å². The maximum absolute atomic E-state index is 15.6. The summed E-state index contributed by atoms with van der Waals surface area (Å²) in [5, 5.41) is 98.2. The van der Waals surface area contributed by atoms with Crippen LogP contribution in [-0.4, -0.2) is 142 Å². The Labute approximate surface area is 475 Å². The van der Waals surface area contributed by atoms with Crippen LogP contribution in [0.4, 0.5) is 0 Å². The second kappa shape index (κ2) is 20.0. The minimum atomic E-state index is -1.66. The zero-order valence-electron chi connectivity index (χ0n) is 47.9. The number of nitrogens with zero attached hydrogens (tertiary/aromatic N) is 2. The van der Waals surface area contributed by atoms with E-state index >= 15 is 4.79 Å². The lowest BCUT2D eigenvalue weighted by atomic mass is 9.19. The average Bonchev–Trinajstić information content (AvgIpc) is 3.24. The van der Waals surface area contributed by atoms with Crippen LogP contribution in [0.25, 0.3) is 0 Å². The van der Waals surface area contributed by atoms with Gasteiger partial charge in [0.15, 0.2) is 6.29 Å². The van der Waals surface area contributed by atoms with Crippen molar-refractivity contribution >= 4 is 11.9 Å². The SMILES string of the molecule is CC1(CO)CCC2(C(=O)O)CC(Cc3cnc[nH]3)C34CCC5=CC(C6C(C(CCC(N)O)c7cnc[nH]7)NC(=O)C67CCCC7)C6C(O)C(OC7OCC(O)C(O)C7O)C(C)(CO)C7CCC3(C)C5(CC=C4C2C1)C67C1CCCCC1. The summed E-state index contributed by atoms with van der Waals surface area (Å²) >= 11 is 0. The molecule has 81 heavy (non-hydrogen) atoms. The Morgan fingerprint density at radius 2 is 1.62 bits per heavy atom. The summed E-state index contributed by atoms with van der Waals surface area (Å²) in [4.78, 5) is 45.9. The highest BCUT2D eigenvalue weighted by molar-refractivity contribution is 5.86. The number of nitrogens with two attached hydrogens (primary N) is 1. The van der Waals surface area contributed by atoms with Gasteiger partial charge in [-0.25, -0.2) is 9.97 Å². The van der Waals surface area contributed by atoms with Gasteiger partial charge >= 0.3 is 5.97 Å². The molecule has 2 aliphatic heterocycles. The molecule has 0 radical (unpaired) electrons. The molecule has 7 saturated carbocycles. The number of H-pyrrole nitrogens is 2. The van der Waals surface area contributed by atoms with Crippen LogP contribution >= 0.6 is 0 Å². The van der Waals surface area contributed by atoms with E-state index in [4.69, 9.17) is 15.2 Å². The molecule has 22 atom stereocenters. The summed E-state index contributed by atoms with van der Waals surface area (Å²) in [5.74, 6) is -3.17. The Kier molecular flexibility index (Phi) is 14.0. The van der Waals surface area contributed by atoms with Crippen LogP contribution in [0.1, 0.15) is 166 Å². The molecular weight excluding hydrogens is 1030 g/mol. The van der Waals surface area contributed by atoms with Crippen LogP contribution in [-0.2, 0) is 25.5 Å². The standard InChI is InChI=1S/C63H92N6O12/c1-56(30-70)21-22-60(55(78)79)25-36(23-37-27-65-32-67-37)61-19-13-35-24-39(46-48(69-54(77)59(46)16-7-8-17-59)38(11-12-45(64)73)42-28-66-33-68-42)47-50(75)52(81-53-51(76)49(74)43(72)29-80-53)57(2,31-71)44-15-18-58(61,3)62(35,20-14-40(61)41(60)26-56)63(44,47)34-9-5-4-6-10-34/h14,24,27-28,32-34,36,38-39,41,43-53,70-76H,4-13,15-23,25-26,29-31,64H2,1-3H3,(H,65,67)(H,66,68)(H,69,77)(H,78,79). The molecule has 0 aromatic carbocycles. The number of nitrogens with one attached hydrogen (secondary N) is 3. The van der Waals surface area contributed by atoms with E-state index in [1.165, 1.54) is 11.1 Å². The summed E-state index contributed by atoms with van der Waals surface area (Å²) in [6, 6.07) is -0.471. The first-order valence-electron chi connectivity index (χ1n) is 31.3. The van der Waals surface area contributed by atoms with Crippen molar-refractivity contribution in [1.82, 2.24) is 25.3 Å². The van der Waals surface area contributed by atoms with Crippen LogP contribution in [0.2, 0.25) is 0 Å². The number of amides is 1. The molecule has 3 spiro atoms. The number of aromatic amines is 2. The van der Waals surface area contributed by atoms with Crippen molar-refractivity contribution < 1.29 is 59.9 Å². The molecule has 4 heterocycles. The molecule has 11 aliphatic rings. The van der Waals surface area contributed by atoms with Gasteiger partial charge in [-0.3, -0.25) is 9.59 Å². The predicted octanol–water partition coefficient (Wildman–Crippen LogP) is 5.53. The summed E-state index contributed by atoms with van der Waals surface area (Å²) in [6.07, 6.45) is 17.5. The van der Waals surface area contributed by atoms with Gasteiger partial charge in [-0.2, -0.15) is 0 Å². The number of allylic oxidation sites excluding steroid dienone is 4. The summed E-state index contributed by atoms with van der Waals surface area (Å²) in [5.41, 5.74) is 4.61. The number of imidazole rings is 2. The Balaban J connectivity index is 1.10. The normalized spacial score (nSPS) is 47.8. The zero-order valence-corrected chi connectivity index (χ0v) is 47.9. The lowest BCUT2D eigenvalue weighted by molar-refractivity contribution is -0.374. The van der Waals surface area contributed by atoms with Crippen molar-refractivity contribution in [2.24, 2.45) is 90.5 Å². The lowest BCUT2D eigenvalue weighted by Gasteiger charge is -2.85. The van der Waals surface area contributed by atoms with Crippen LogP contribution in [0.3, 0.4) is 0 Å². The number of aliphatic carboxylic acids is 1. The number of carboxylic acid groups (broad SMARTS) is 1. The first-order chi connectivity index (χ1) is 38.8. The number of hydrogen-bond donors (Lipinski definition) is 12. The highest BCUT2D eigenvalue weighted by Crippen LogP contribution is 2.90. The number of ether oxygens (including phenoxy) is 2. The van der Waals surface area contributed by atoms with Gasteiger partial charge < -0.3 is 71.3 Å². The van der Waals surface area contributed by atoms with E-state index in [0.29, 0.717) is 64.2 Å². The van der Waals surface area contributed by atoms with Crippen molar-refractivity contribution in [2.75, 3.05) is 19.8 Å². The van der Waals surface area contributed by atoms with Crippen LogP contribution in [0.15, 0.2) is 48.3 Å². The second-order valence-electron chi connectivity index (χ2n) is 29.2. The van der Waals surface area contributed by atoms with Crippen molar-refractivity contribution in [1.29, 1.82) is 0 Å². The highest BCUT2D eigenvalue weighted by Gasteiger charge is 2.86. The quantitative estimate of drug-likeness (QED) is 0.0629. The maximum Gasteiger partial charge on any atom is 0.310 e. The van der Waals surface area contributed by atoms with Crippen LogP contribution in [0.5, 0.6) is 0 Å². The second-order valence-corrected chi connectivity index (χ2v) is 29.2. The maximum atomic E-state index is 15.6. The highest BCUT2D eigenvalue weighted by atomic mass is 16.7. The summed E-state index contributed by atoms with van der Waals surface area (Å²) in [7, 11) is 0. The predicted molar refractivity (Wildman–Crippen MR) is 296 cm³/mol. The largest absolute Gasteiger partial charge is 0.481 e. The first-order valence-corrected chi connectivity index (χ1v) is 31.3. The third-order valence-electron chi connectivity index (χ3n) is 26.4. The third-order valence-corrected chi connectivity index (χ3v) is 26.4. The van der Waals surface area contributed by atoms with E-state index in [9.17, 15) is 45.6 Å². The molecule has 13 rings (SSSR count). The van der Waals surface area contributed by atoms with Gasteiger partial charge in [0.2, 0.25) is 5.91 Å². The Morgan fingerprint density at radius 1 is 0.864 bits per heavy atom. The van der Waals surface area contributed by atoms with Gasteiger partial charge in [-0.15, -0.1) is 0 Å². The molecule has 446 valence electrons. The Morgan fingerprint density at radius 3 is 2.30 bits per heavy atom. The first kappa shape index (κ1) is 56.6. The molecule has 9 fully saturated rings. The van der Waals surface area contributed by atoms with E-state index in [1.807, 2.05) is 12.4 Å². The van der Waals surface area contributed by atoms with Gasteiger partial charge in [0, 0.05) is 70.4 Å². The van der Waals surface area contributed by atoms with Gasteiger partial charge in [-0.1, -0.05) is 76.2 Å². The number of carboxylic acids is 1. The van der Waals surface area contributed by atoms with Crippen molar-refractivity contribution in [3.05, 3.63) is 59.7 Å². The van der Waals surface area contributed by atoms with E-state index in [1.54, 1.807) is 12.7 Å². The Hall–Kier alpha value is -3.56. The van der Waals surface area contributed by atoms with Gasteiger partial charge in [0.05, 0.1) is 48.9 Å². The molecule has 2 aromatic heterocycles. The minimum absolute atomic E-state index is 0.00813.